The van der Waals surface area contributed by atoms with Gasteiger partial charge in [0.2, 0.25) is 0 Å². The Morgan fingerprint density at radius 3 is 2.60 bits per heavy atom. The van der Waals surface area contributed by atoms with Crippen molar-refractivity contribution in [1.29, 1.82) is 0 Å². The highest BCUT2D eigenvalue weighted by atomic mass is 35.5. The van der Waals surface area contributed by atoms with E-state index in [1.165, 1.54) is 16.6 Å². The maximum absolute atomic E-state index is 6.38. The largest absolute Gasteiger partial charge is 0.342 e. The summed E-state index contributed by atoms with van der Waals surface area (Å²) in [5, 5.41) is 2.11. The smallest absolute Gasteiger partial charge is 0.0672 e. The predicted molar refractivity (Wildman–Crippen MR) is 85.4 cm³/mol. The molecule has 0 unspecified atom stereocenters. The lowest BCUT2D eigenvalue weighted by molar-refractivity contribution is 0.146. The Labute approximate surface area is 125 Å². The molecule has 2 aromatic rings. The van der Waals surface area contributed by atoms with Gasteiger partial charge in [0.15, 0.2) is 0 Å². The van der Waals surface area contributed by atoms with Crippen molar-refractivity contribution in [2.24, 2.45) is 0 Å². The first kappa shape index (κ1) is 13.9. The molecule has 3 nitrogen and oxygen atoms in total. The van der Waals surface area contributed by atoms with Gasteiger partial charge in [-0.05, 0) is 26.1 Å². The maximum Gasteiger partial charge on any atom is 0.0672 e. The van der Waals surface area contributed by atoms with E-state index in [1.54, 1.807) is 0 Å². The number of fused-ring (bicyclic) bond motifs is 1. The van der Waals surface area contributed by atoms with Crippen molar-refractivity contribution < 1.29 is 0 Å². The van der Waals surface area contributed by atoms with E-state index in [0.717, 1.165) is 44.3 Å². The Kier molecular flexibility index (Phi) is 4.01. The highest BCUT2D eigenvalue weighted by molar-refractivity contribution is 6.35. The van der Waals surface area contributed by atoms with Crippen molar-refractivity contribution in [3.05, 3.63) is 35.0 Å². The van der Waals surface area contributed by atoms with Crippen LogP contribution in [0.15, 0.2) is 24.3 Å². The highest BCUT2D eigenvalue weighted by Crippen LogP contribution is 2.27. The van der Waals surface area contributed by atoms with Gasteiger partial charge in [-0.2, -0.15) is 0 Å². The first-order chi connectivity index (χ1) is 9.69. The molecule has 20 heavy (non-hydrogen) atoms. The summed E-state index contributed by atoms with van der Waals surface area (Å²) in [6, 6.07) is 8.46. The van der Waals surface area contributed by atoms with Gasteiger partial charge in [0.25, 0.3) is 0 Å². The lowest BCUT2D eigenvalue weighted by Gasteiger charge is -2.32. The Hall–Kier alpha value is -1.03. The van der Waals surface area contributed by atoms with Gasteiger partial charge in [-0.1, -0.05) is 23.7 Å². The molecular formula is C16H22ClN3. The molecule has 0 atom stereocenters. The molecule has 3 rings (SSSR count). The Morgan fingerprint density at radius 1 is 1.15 bits per heavy atom. The van der Waals surface area contributed by atoms with Crippen LogP contribution in [0.2, 0.25) is 5.02 Å². The number of piperazine rings is 1. The van der Waals surface area contributed by atoms with Gasteiger partial charge in [0, 0.05) is 50.3 Å². The normalized spacial score (nSPS) is 17.9. The first-order valence-corrected chi connectivity index (χ1v) is 7.74. The zero-order chi connectivity index (χ0) is 14.1. The highest BCUT2D eigenvalue weighted by Gasteiger charge is 2.17. The second kappa shape index (κ2) is 5.76. The predicted octanol–water partition coefficient (Wildman–Crippen LogP) is 3.06. The number of hydrogen-bond donors (Lipinski definition) is 0. The molecule has 0 amide bonds. The fourth-order valence-electron chi connectivity index (χ4n) is 3.06. The van der Waals surface area contributed by atoms with E-state index >= 15 is 0 Å². The molecule has 108 valence electrons. The molecule has 1 aromatic carbocycles. The number of benzene rings is 1. The first-order valence-electron chi connectivity index (χ1n) is 7.36. The van der Waals surface area contributed by atoms with Crippen molar-refractivity contribution in [3.8, 4) is 0 Å². The second-order valence-electron chi connectivity index (χ2n) is 5.64. The van der Waals surface area contributed by atoms with Crippen molar-refractivity contribution >= 4 is 22.5 Å². The van der Waals surface area contributed by atoms with Crippen molar-refractivity contribution in [2.45, 2.75) is 20.0 Å². The lowest BCUT2D eigenvalue weighted by atomic mass is 10.2. The topological polar surface area (TPSA) is 11.4 Å². The summed E-state index contributed by atoms with van der Waals surface area (Å²) in [7, 11) is 2.19. The van der Waals surface area contributed by atoms with Crippen LogP contribution >= 0.6 is 11.6 Å². The van der Waals surface area contributed by atoms with Crippen LogP contribution in [-0.4, -0.2) is 47.6 Å². The summed E-state index contributed by atoms with van der Waals surface area (Å²) in [5.74, 6) is 0. The number of likely N-dealkylation sites (N-methyl/N-ethyl adjacent to an activating group) is 1. The van der Waals surface area contributed by atoms with E-state index in [0.29, 0.717) is 0 Å². The van der Waals surface area contributed by atoms with E-state index in [-0.39, 0.29) is 0 Å². The Bertz CT molecular complexity index is 597. The van der Waals surface area contributed by atoms with Crippen molar-refractivity contribution in [2.75, 3.05) is 33.2 Å². The number of nitrogens with zero attached hydrogens (tertiary/aromatic N) is 3. The molecule has 0 aliphatic carbocycles. The maximum atomic E-state index is 6.38. The number of aromatic nitrogens is 1. The minimum absolute atomic E-state index is 0.856. The standard InChI is InChI=1S/C16H22ClN3/c1-3-20-14(12-19-9-7-18(2)8-10-19)11-13-5-4-6-15(17)16(13)20/h4-6,11H,3,7-10,12H2,1-2H3. The molecule has 0 spiro atoms. The van der Waals surface area contributed by atoms with E-state index in [4.69, 9.17) is 11.6 Å². The summed E-state index contributed by atoms with van der Waals surface area (Å²) in [4.78, 5) is 4.93. The van der Waals surface area contributed by atoms with Gasteiger partial charge >= 0.3 is 0 Å². The number of aryl methyl sites for hydroxylation is 1. The average Bonchev–Trinajstić information content (AvgIpc) is 2.80. The molecule has 1 fully saturated rings. The molecule has 1 aliphatic heterocycles. The van der Waals surface area contributed by atoms with Crippen molar-refractivity contribution in [3.63, 3.8) is 0 Å². The third-order valence-corrected chi connectivity index (χ3v) is 4.56. The SMILES string of the molecule is CCn1c(CN2CCN(C)CC2)cc2cccc(Cl)c21. The Morgan fingerprint density at radius 2 is 1.90 bits per heavy atom. The summed E-state index contributed by atoms with van der Waals surface area (Å²) < 4.78 is 2.36. The Balaban J connectivity index is 1.89. The average molecular weight is 292 g/mol. The van der Waals surface area contributed by atoms with Crippen LogP contribution in [0.3, 0.4) is 0 Å². The van der Waals surface area contributed by atoms with Gasteiger partial charge in [-0.25, -0.2) is 0 Å². The summed E-state index contributed by atoms with van der Waals surface area (Å²) in [6.45, 7) is 8.80. The van der Waals surface area contributed by atoms with Crippen LogP contribution in [0.4, 0.5) is 0 Å². The second-order valence-corrected chi connectivity index (χ2v) is 6.04. The molecule has 1 saturated heterocycles. The molecule has 1 aromatic heterocycles. The van der Waals surface area contributed by atoms with Crippen LogP contribution in [0.5, 0.6) is 0 Å². The van der Waals surface area contributed by atoms with E-state index < -0.39 is 0 Å². The summed E-state index contributed by atoms with van der Waals surface area (Å²) in [6.07, 6.45) is 0. The van der Waals surface area contributed by atoms with Crippen LogP contribution < -0.4 is 0 Å². The van der Waals surface area contributed by atoms with Crippen molar-refractivity contribution in [1.82, 2.24) is 14.4 Å². The minimum atomic E-state index is 0.856. The van der Waals surface area contributed by atoms with Gasteiger partial charge in [-0.3, -0.25) is 4.90 Å². The molecule has 0 N–H and O–H groups in total. The number of rotatable bonds is 3. The molecule has 0 bridgehead atoms. The molecular weight excluding hydrogens is 270 g/mol. The van der Waals surface area contributed by atoms with Gasteiger partial charge in [-0.15, -0.1) is 0 Å². The number of halogens is 1. The van der Waals surface area contributed by atoms with Crippen LogP contribution in [0, 0.1) is 0 Å². The van der Waals surface area contributed by atoms with Crippen LogP contribution in [0.1, 0.15) is 12.6 Å². The van der Waals surface area contributed by atoms with E-state index in [9.17, 15) is 0 Å². The molecule has 1 aliphatic rings. The summed E-state index contributed by atoms with van der Waals surface area (Å²) in [5.41, 5.74) is 2.56. The van der Waals surface area contributed by atoms with Gasteiger partial charge in [0.1, 0.15) is 0 Å². The van der Waals surface area contributed by atoms with Gasteiger partial charge in [0.05, 0.1) is 10.5 Å². The lowest BCUT2D eigenvalue weighted by Crippen LogP contribution is -2.44. The number of hydrogen-bond acceptors (Lipinski definition) is 2. The van der Waals surface area contributed by atoms with Crippen LogP contribution in [-0.2, 0) is 13.1 Å². The number of para-hydroxylation sites is 1. The molecule has 0 radical (unpaired) electrons. The van der Waals surface area contributed by atoms with Crippen LogP contribution in [0.25, 0.3) is 10.9 Å². The fourth-order valence-corrected chi connectivity index (χ4v) is 3.35. The van der Waals surface area contributed by atoms with E-state index in [2.05, 4.69) is 40.5 Å². The zero-order valence-corrected chi connectivity index (χ0v) is 13.0. The molecule has 0 saturated carbocycles. The zero-order valence-electron chi connectivity index (χ0n) is 12.3. The van der Waals surface area contributed by atoms with Gasteiger partial charge < -0.3 is 9.47 Å². The quantitative estimate of drug-likeness (QED) is 0.861. The third-order valence-electron chi connectivity index (χ3n) is 4.25. The molecule has 2 heterocycles. The summed E-state index contributed by atoms with van der Waals surface area (Å²) >= 11 is 6.38. The minimum Gasteiger partial charge on any atom is -0.342 e. The fraction of sp³-hybridized carbons (Fsp3) is 0.500. The monoisotopic (exact) mass is 291 g/mol. The van der Waals surface area contributed by atoms with E-state index in [1.807, 2.05) is 12.1 Å². The molecule has 4 heteroatoms. The third kappa shape index (κ3) is 2.58.